The smallest absolute Gasteiger partial charge is 0.274 e. The molecular formula is C17H12Br2ClN5O2. The molecule has 7 nitrogen and oxygen atoms in total. The SMILES string of the molecule is Cc1cc(Cl)cc(C(N)=O)c1NC(=O)c1cc(Br)nn1-c1ncccc1Br. The van der Waals surface area contributed by atoms with Crippen molar-refractivity contribution in [1.29, 1.82) is 0 Å². The van der Waals surface area contributed by atoms with Gasteiger partial charge in [-0.05, 0) is 68.6 Å². The van der Waals surface area contributed by atoms with Crippen LogP contribution in [0.5, 0.6) is 0 Å². The molecule has 1 aromatic carbocycles. The molecule has 0 aliphatic carbocycles. The van der Waals surface area contributed by atoms with Crippen molar-refractivity contribution in [2.24, 2.45) is 5.73 Å². The van der Waals surface area contributed by atoms with Crippen LogP contribution in [0.2, 0.25) is 5.02 Å². The quantitative estimate of drug-likeness (QED) is 0.548. The number of carbonyl (C=O) groups excluding carboxylic acids is 2. The Morgan fingerprint density at radius 2 is 2.00 bits per heavy atom. The monoisotopic (exact) mass is 511 g/mol. The maximum Gasteiger partial charge on any atom is 0.274 e. The van der Waals surface area contributed by atoms with Gasteiger partial charge < -0.3 is 11.1 Å². The van der Waals surface area contributed by atoms with E-state index >= 15 is 0 Å². The van der Waals surface area contributed by atoms with Crippen LogP contribution in [0.3, 0.4) is 0 Å². The van der Waals surface area contributed by atoms with Gasteiger partial charge in [0, 0.05) is 17.3 Å². The van der Waals surface area contributed by atoms with Crippen molar-refractivity contribution in [3.63, 3.8) is 0 Å². The molecule has 2 amide bonds. The number of rotatable bonds is 4. The highest BCUT2D eigenvalue weighted by molar-refractivity contribution is 9.10. The second-order valence-electron chi connectivity index (χ2n) is 5.54. The second-order valence-corrected chi connectivity index (χ2v) is 7.64. The molecule has 0 saturated carbocycles. The molecule has 138 valence electrons. The van der Waals surface area contributed by atoms with Gasteiger partial charge in [-0.1, -0.05) is 11.6 Å². The first-order chi connectivity index (χ1) is 12.8. The molecule has 2 aromatic heterocycles. The highest BCUT2D eigenvalue weighted by Gasteiger charge is 2.21. The molecule has 0 fully saturated rings. The van der Waals surface area contributed by atoms with Gasteiger partial charge in [0.2, 0.25) is 0 Å². The summed E-state index contributed by atoms with van der Waals surface area (Å²) in [5, 5.41) is 7.34. The van der Waals surface area contributed by atoms with Crippen molar-refractivity contribution >= 4 is 61.0 Å². The molecule has 0 aliphatic heterocycles. The van der Waals surface area contributed by atoms with E-state index in [9.17, 15) is 9.59 Å². The van der Waals surface area contributed by atoms with Gasteiger partial charge >= 0.3 is 0 Å². The number of nitrogens with one attached hydrogen (secondary N) is 1. The highest BCUT2D eigenvalue weighted by Crippen LogP contribution is 2.27. The van der Waals surface area contributed by atoms with E-state index in [1.54, 1.807) is 37.4 Å². The Bertz CT molecular complexity index is 1070. The zero-order valence-electron chi connectivity index (χ0n) is 13.8. The summed E-state index contributed by atoms with van der Waals surface area (Å²) in [7, 11) is 0. The number of pyridine rings is 1. The summed E-state index contributed by atoms with van der Waals surface area (Å²) < 4.78 is 2.50. The van der Waals surface area contributed by atoms with E-state index < -0.39 is 11.8 Å². The van der Waals surface area contributed by atoms with Crippen LogP contribution in [0.15, 0.2) is 45.6 Å². The Morgan fingerprint density at radius 1 is 1.26 bits per heavy atom. The molecule has 0 atom stereocenters. The minimum Gasteiger partial charge on any atom is -0.366 e. The summed E-state index contributed by atoms with van der Waals surface area (Å²) in [6.07, 6.45) is 1.59. The molecule has 0 spiro atoms. The van der Waals surface area contributed by atoms with Crippen LogP contribution in [-0.2, 0) is 0 Å². The Balaban J connectivity index is 2.05. The summed E-state index contributed by atoms with van der Waals surface area (Å²) in [4.78, 5) is 28.9. The summed E-state index contributed by atoms with van der Waals surface area (Å²) in [5.41, 5.74) is 6.66. The van der Waals surface area contributed by atoms with Crippen LogP contribution in [-0.4, -0.2) is 26.6 Å². The molecule has 0 bridgehead atoms. The fraction of sp³-hybridized carbons (Fsp3) is 0.0588. The van der Waals surface area contributed by atoms with Gasteiger partial charge in [-0.3, -0.25) is 9.59 Å². The molecule has 27 heavy (non-hydrogen) atoms. The lowest BCUT2D eigenvalue weighted by molar-refractivity contribution is 0.100. The van der Waals surface area contributed by atoms with Gasteiger partial charge in [0.05, 0.1) is 15.7 Å². The van der Waals surface area contributed by atoms with Crippen molar-refractivity contribution in [2.45, 2.75) is 6.92 Å². The topological polar surface area (TPSA) is 103 Å². The Labute approximate surface area is 176 Å². The number of nitrogens with zero attached hydrogens (tertiary/aromatic N) is 3. The largest absolute Gasteiger partial charge is 0.366 e. The van der Waals surface area contributed by atoms with E-state index in [0.717, 1.165) is 0 Å². The fourth-order valence-electron chi connectivity index (χ4n) is 2.49. The van der Waals surface area contributed by atoms with E-state index in [1.807, 2.05) is 0 Å². The normalized spacial score (nSPS) is 10.7. The highest BCUT2D eigenvalue weighted by atomic mass is 79.9. The number of benzene rings is 1. The first kappa shape index (κ1) is 19.5. The number of aromatic nitrogens is 3. The lowest BCUT2D eigenvalue weighted by Gasteiger charge is -2.13. The second kappa shape index (κ2) is 7.79. The van der Waals surface area contributed by atoms with Crippen molar-refractivity contribution < 1.29 is 9.59 Å². The average molecular weight is 514 g/mol. The van der Waals surface area contributed by atoms with E-state index in [0.29, 0.717) is 31.2 Å². The van der Waals surface area contributed by atoms with Crippen LogP contribution in [0.25, 0.3) is 5.82 Å². The van der Waals surface area contributed by atoms with Crippen LogP contribution in [0.1, 0.15) is 26.4 Å². The molecule has 2 heterocycles. The Hall–Kier alpha value is -2.23. The number of anilines is 1. The van der Waals surface area contributed by atoms with Crippen molar-refractivity contribution in [3.8, 4) is 5.82 Å². The zero-order chi connectivity index (χ0) is 19.7. The van der Waals surface area contributed by atoms with Gasteiger partial charge in [0.15, 0.2) is 5.82 Å². The molecule has 0 radical (unpaired) electrons. The van der Waals surface area contributed by atoms with E-state index in [-0.39, 0.29) is 11.3 Å². The van der Waals surface area contributed by atoms with Crippen molar-refractivity contribution in [1.82, 2.24) is 14.8 Å². The third kappa shape index (κ3) is 4.05. The van der Waals surface area contributed by atoms with Crippen molar-refractivity contribution in [3.05, 3.63) is 67.4 Å². The molecule has 10 heteroatoms. The van der Waals surface area contributed by atoms with Gasteiger partial charge in [-0.2, -0.15) is 5.10 Å². The predicted molar refractivity (Wildman–Crippen MR) is 109 cm³/mol. The summed E-state index contributed by atoms with van der Waals surface area (Å²) in [6.45, 7) is 1.72. The summed E-state index contributed by atoms with van der Waals surface area (Å²) in [6, 6.07) is 8.13. The third-order valence-electron chi connectivity index (χ3n) is 3.66. The maximum absolute atomic E-state index is 12.9. The average Bonchev–Trinajstić information content (AvgIpc) is 2.99. The summed E-state index contributed by atoms with van der Waals surface area (Å²) in [5.74, 6) is -0.743. The zero-order valence-corrected chi connectivity index (χ0v) is 17.8. The van der Waals surface area contributed by atoms with Crippen LogP contribution in [0.4, 0.5) is 5.69 Å². The number of nitrogens with two attached hydrogens (primary N) is 1. The first-order valence-corrected chi connectivity index (χ1v) is 9.52. The number of aryl methyl sites for hydroxylation is 1. The number of amides is 2. The Morgan fingerprint density at radius 3 is 2.67 bits per heavy atom. The minimum absolute atomic E-state index is 0.123. The summed E-state index contributed by atoms with van der Waals surface area (Å²) >= 11 is 12.7. The molecular weight excluding hydrogens is 501 g/mol. The van der Waals surface area contributed by atoms with Gasteiger partial charge in [0.25, 0.3) is 11.8 Å². The number of primary amides is 1. The van der Waals surface area contributed by atoms with Crippen molar-refractivity contribution in [2.75, 3.05) is 5.32 Å². The first-order valence-electron chi connectivity index (χ1n) is 7.55. The fourth-order valence-corrected chi connectivity index (χ4v) is 3.56. The van der Waals surface area contributed by atoms with Gasteiger partial charge in [-0.15, -0.1) is 0 Å². The van der Waals surface area contributed by atoms with Crippen LogP contribution in [0, 0.1) is 6.92 Å². The maximum atomic E-state index is 12.9. The number of hydrogen-bond acceptors (Lipinski definition) is 4. The van der Waals surface area contributed by atoms with E-state index in [1.165, 1.54) is 10.7 Å². The number of hydrogen-bond donors (Lipinski definition) is 2. The third-order valence-corrected chi connectivity index (χ3v) is 4.88. The van der Waals surface area contributed by atoms with Crippen LogP contribution < -0.4 is 11.1 Å². The standard InChI is InChI=1S/C17H12Br2ClN5O2/c1-8-5-9(20)6-10(15(21)26)14(8)23-17(27)12-7-13(19)24-25(12)16-11(18)3-2-4-22-16/h2-7H,1H3,(H2,21,26)(H,23,27). The van der Waals surface area contributed by atoms with E-state index in [4.69, 9.17) is 17.3 Å². The van der Waals surface area contributed by atoms with Crippen LogP contribution >= 0.6 is 43.5 Å². The lowest BCUT2D eigenvalue weighted by atomic mass is 10.1. The van der Waals surface area contributed by atoms with Gasteiger partial charge in [-0.25, -0.2) is 9.67 Å². The molecule has 0 saturated heterocycles. The molecule has 3 aromatic rings. The molecule has 0 unspecified atom stereocenters. The molecule has 3 N–H and O–H groups in total. The Kier molecular flexibility index (Phi) is 5.64. The van der Waals surface area contributed by atoms with E-state index in [2.05, 4.69) is 47.3 Å². The number of halogens is 3. The number of carbonyl (C=O) groups is 2. The van der Waals surface area contributed by atoms with Gasteiger partial charge in [0.1, 0.15) is 10.3 Å². The minimum atomic E-state index is -0.696. The molecule has 3 rings (SSSR count). The lowest BCUT2D eigenvalue weighted by Crippen LogP contribution is -2.21. The predicted octanol–water partition coefficient (Wildman–Crippen LogP) is 4.11. The molecule has 0 aliphatic rings.